The molecule has 2 fully saturated rings. The summed E-state index contributed by atoms with van der Waals surface area (Å²) in [6.45, 7) is 3.13. The fourth-order valence-electron chi connectivity index (χ4n) is 4.54. The summed E-state index contributed by atoms with van der Waals surface area (Å²) < 4.78 is 14.5. The first-order valence-electron chi connectivity index (χ1n) is 8.72. The summed E-state index contributed by atoms with van der Waals surface area (Å²) in [6.07, 6.45) is 2.43. The van der Waals surface area contributed by atoms with Crippen molar-refractivity contribution in [2.45, 2.75) is 38.6 Å². The van der Waals surface area contributed by atoms with E-state index in [4.69, 9.17) is 12.2 Å². The normalized spacial score (nSPS) is 28.2. The van der Waals surface area contributed by atoms with E-state index in [1.807, 2.05) is 17.9 Å². The summed E-state index contributed by atoms with van der Waals surface area (Å²) >= 11 is 5.21. The fourth-order valence-corrected chi connectivity index (χ4v) is 4.81. The molecule has 2 atom stereocenters. The van der Waals surface area contributed by atoms with Gasteiger partial charge in [0, 0.05) is 30.8 Å². The Morgan fingerprint density at radius 2 is 2.20 bits per heavy atom. The Hall–Kier alpha value is -2.02. The predicted molar refractivity (Wildman–Crippen MR) is 95.6 cm³/mol. The number of nitrogens with zero attached hydrogens (tertiary/aromatic N) is 2. The molecular formula is C18H20FN3O2S. The Morgan fingerprint density at radius 3 is 2.96 bits per heavy atom. The molecule has 0 bridgehead atoms. The number of amides is 2. The lowest BCUT2D eigenvalue weighted by Crippen LogP contribution is -2.71. The lowest BCUT2D eigenvalue weighted by molar-refractivity contribution is -0.152. The van der Waals surface area contributed by atoms with Crippen molar-refractivity contribution in [1.29, 1.82) is 0 Å². The van der Waals surface area contributed by atoms with Crippen LogP contribution in [0.15, 0.2) is 18.2 Å². The summed E-state index contributed by atoms with van der Waals surface area (Å²) in [5, 5.41) is 2.88. The lowest BCUT2D eigenvalue weighted by Gasteiger charge is -2.50. The predicted octanol–water partition coefficient (Wildman–Crippen LogP) is 1.99. The molecule has 4 rings (SSSR count). The molecule has 1 aromatic carbocycles. The van der Waals surface area contributed by atoms with Crippen molar-refractivity contribution in [2.75, 3.05) is 18.0 Å². The summed E-state index contributed by atoms with van der Waals surface area (Å²) in [4.78, 5) is 29.9. The number of anilines is 1. The maximum absolute atomic E-state index is 14.5. The molecule has 0 unspecified atom stereocenters. The van der Waals surface area contributed by atoms with Crippen LogP contribution in [0, 0.1) is 11.2 Å². The van der Waals surface area contributed by atoms with Crippen LogP contribution in [0.5, 0.6) is 0 Å². The molecule has 2 saturated heterocycles. The second-order valence-electron chi connectivity index (χ2n) is 6.95. The molecule has 3 heterocycles. The average Bonchev–Trinajstić information content (AvgIpc) is 3.08. The standard InChI is InChI=1S/C18H20FN3O2S/c1-2-8-22-16(24)18(15(23)20-17(22)25)10-11-12(19)5-3-6-13(11)21-9-4-7-14(18)21/h3,5-6,14H,2,4,7-10H2,1H3,(H,20,23,25)/t14-,18+/m1/s1. The minimum atomic E-state index is -1.30. The molecule has 1 aromatic rings. The lowest BCUT2D eigenvalue weighted by atomic mass is 9.68. The third-order valence-corrected chi connectivity index (χ3v) is 5.95. The number of carbonyl (C=O) groups is 2. The Bertz CT molecular complexity index is 784. The van der Waals surface area contributed by atoms with Crippen molar-refractivity contribution in [1.82, 2.24) is 10.2 Å². The number of thiocarbonyl (C=S) groups is 1. The van der Waals surface area contributed by atoms with Gasteiger partial charge in [-0.3, -0.25) is 14.5 Å². The Kier molecular flexibility index (Phi) is 3.79. The maximum atomic E-state index is 14.5. The number of rotatable bonds is 2. The van der Waals surface area contributed by atoms with Crippen molar-refractivity contribution in [2.24, 2.45) is 5.41 Å². The van der Waals surface area contributed by atoms with E-state index in [1.165, 1.54) is 11.0 Å². The molecule has 3 aliphatic heterocycles. The topological polar surface area (TPSA) is 52.7 Å². The quantitative estimate of drug-likeness (QED) is 0.647. The van der Waals surface area contributed by atoms with E-state index < -0.39 is 5.41 Å². The zero-order valence-electron chi connectivity index (χ0n) is 14.0. The molecule has 0 aromatic heterocycles. The number of hydrogen-bond acceptors (Lipinski definition) is 4. The number of fused-ring (bicyclic) bond motifs is 4. The van der Waals surface area contributed by atoms with Gasteiger partial charge in [-0.15, -0.1) is 0 Å². The Balaban J connectivity index is 1.88. The monoisotopic (exact) mass is 361 g/mol. The van der Waals surface area contributed by atoms with Gasteiger partial charge in [-0.25, -0.2) is 4.39 Å². The zero-order chi connectivity index (χ0) is 17.8. The Labute approximate surface area is 151 Å². The number of benzene rings is 1. The van der Waals surface area contributed by atoms with E-state index >= 15 is 0 Å². The van der Waals surface area contributed by atoms with E-state index in [9.17, 15) is 14.0 Å². The first kappa shape index (κ1) is 16.4. The number of halogens is 1. The minimum Gasteiger partial charge on any atom is -0.367 e. The van der Waals surface area contributed by atoms with Crippen molar-refractivity contribution in [3.63, 3.8) is 0 Å². The average molecular weight is 361 g/mol. The van der Waals surface area contributed by atoms with Gasteiger partial charge in [0.2, 0.25) is 11.8 Å². The summed E-state index contributed by atoms with van der Waals surface area (Å²) in [5.74, 6) is -1.03. The number of hydrogen-bond donors (Lipinski definition) is 1. The van der Waals surface area contributed by atoms with Crippen LogP contribution in [-0.2, 0) is 16.0 Å². The van der Waals surface area contributed by atoms with Crippen molar-refractivity contribution in [3.05, 3.63) is 29.6 Å². The summed E-state index contributed by atoms with van der Waals surface area (Å²) in [6, 6.07) is 4.70. The van der Waals surface area contributed by atoms with Gasteiger partial charge in [0.15, 0.2) is 10.5 Å². The fraction of sp³-hybridized carbons (Fsp3) is 0.500. The van der Waals surface area contributed by atoms with Gasteiger partial charge in [-0.1, -0.05) is 13.0 Å². The highest BCUT2D eigenvalue weighted by Crippen LogP contribution is 2.48. The van der Waals surface area contributed by atoms with Gasteiger partial charge < -0.3 is 10.2 Å². The summed E-state index contributed by atoms with van der Waals surface area (Å²) in [5.41, 5.74) is -0.0410. The molecule has 2 amide bonds. The molecule has 3 aliphatic rings. The highest BCUT2D eigenvalue weighted by Gasteiger charge is 2.62. The van der Waals surface area contributed by atoms with Crippen molar-refractivity contribution in [3.8, 4) is 0 Å². The smallest absolute Gasteiger partial charge is 0.246 e. The van der Waals surface area contributed by atoms with Crippen LogP contribution in [0.2, 0.25) is 0 Å². The molecule has 0 aliphatic carbocycles. The van der Waals surface area contributed by atoms with Crippen molar-refractivity contribution < 1.29 is 14.0 Å². The van der Waals surface area contributed by atoms with E-state index in [0.29, 0.717) is 12.1 Å². The van der Waals surface area contributed by atoms with Crippen LogP contribution in [-0.4, -0.2) is 41.0 Å². The Morgan fingerprint density at radius 1 is 1.40 bits per heavy atom. The van der Waals surface area contributed by atoms with Gasteiger partial charge in [-0.2, -0.15) is 0 Å². The first-order valence-corrected chi connectivity index (χ1v) is 9.13. The second-order valence-corrected chi connectivity index (χ2v) is 7.34. The van der Waals surface area contributed by atoms with Crippen LogP contribution < -0.4 is 10.2 Å². The molecule has 5 nitrogen and oxygen atoms in total. The van der Waals surface area contributed by atoms with Crippen LogP contribution >= 0.6 is 12.2 Å². The van der Waals surface area contributed by atoms with Gasteiger partial charge in [-0.05, 0) is 43.6 Å². The van der Waals surface area contributed by atoms with E-state index in [0.717, 1.165) is 31.5 Å². The SMILES string of the molecule is CCCN1C(=O)[C@]2(Cc3c(F)cccc3N3CCC[C@@H]32)C(=O)NC1=S. The maximum Gasteiger partial charge on any atom is 0.246 e. The van der Waals surface area contributed by atoms with Gasteiger partial charge in [0.25, 0.3) is 0 Å². The van der Waals surface area contributed by atoms with Crippen molar-refractivity contribution >= 4 is 34.8 Å². The van der Waals surface area contributed by atoms with E-state index in [2.05, 4.69) is 5.32 Å². The van der Waals surface area contributed by atoms with Crippen LogP contribution in [0.25, 0.3) is 0 Å². The molecule has 132 valence electrons. The second kappa shape index (κ2) is 5.76. The highest BCUT2D eigenvalue weighted by molar-refractivity contribution is 7.80. The van der Waals surface area contributed by atoms with Gasteiger partial charge in [0.05, 0.1) is 6.04 Å². The largest absolute Gasteiger partial charge is 0.367 e. The molecule has 0 radical (unpaired) electrons. The molecule has 1 spiro atoms. The number of nitrogens with one attached hydrogen (secondary N) is 1. The molecular weight excluding hydrogens is 341 g/mol. The zero-order valence-corrected chi connectivity index (χ0v) is 14.9. The molecule has 7 heteroatoms. The molecule has 0 saturated carbocycles. The first-order chi connectivity index (χ1) is 12.0. The van der Waals surface area contributed by atoms with Crippen LogP contribution in [0.1, 0.15) is 31.7 Å². The van der Waals surface area contributed by atoms with E-state index in [-0.39, 0.29) is 35.2 Å². The summed E-state index contributed by atoms with van der Waals surface area (Å²) in [7, 11) is 0. The highest BCUT2D eigenvalue weighted by atomic mass is 32.1. The van der Waals surface area contributed by atoms with Gasteiger partial charge in [0.1, 0.15) is 5.82 Å². The number of carbonyl (C=O) groups excluding carboxylic acids is 2. The molecule has 1 N–H and O–H groups in total. The van der Waals surface area contributed by atoms with Crippen LogP contribution in [0.4, 0.5) is 10.1 Å². The van der Waals surface area contributed by atoms with E-state index in [1.54, 1.807) is 6.07 Å². The molecule has 25 heavy (non-hydrogen) atoms. The third kappa shape index (κ3) is 2.14. The minimum absolute atomic E-state index is 0.0870. The third-order valence-electron chi connectivity index (χ3n) is 5.63. The van der Waals surface area contributed by atoms with Gasteiger partial charge >= 0.3 is 0 Å². The van der Waals surface area contributed by atoms with Crippen LogP contribution in [0.3, 0.4) is 0 Å².